The smallest absolute Gasteiger partial charge is 0.244 e. The Morgan fingerprint density at radius 1 is 1.40 bits per heavy atom. The third-order valence-corrected chi connectivity index (χ3v) is 1.97. The van der Waals surface area contributed by atoms with E-state index in [1.165, 1.54) is 6.08 Å². The second kappa shape index (κ2) is 6.04. The van der Waals surface area contributed by atoms with E-state index in [0.717, 1.165) is 5.56 Å². The normalized spacial score (nSPS) is 10.2. The maximum absolute atomic E-state index is 11.2. The monoisotopic (exact) mass is 221 g/mol. The summed E-state index contributed by atoms with van der Waals surface area (Å²) in [5.74, 6) is -0.134. The number of halogens is 1. The van der Waals surface area contributed by atoms with Crippen molar-refractivity contribution in [2.75, 3.05) is 6.54 Å². The van der Waals surface area contributed by atoms with Gasteiger partial charge < -0.3 is 5.32 Å². The highest BCUT2D eigenvalue weighted by molar-refractivity contribution is 6.30. The second-order valence-corrected chi connectivity index (χ2v) is 3.36. The van der Waals surface area contributed by atoms with E-state index < -0.39 is 0 Å². The lowest BCUT2D eigenvalue weighted by Crippen LogP contribution is -2.20. The lowest BCUT2D eigenvalue weighted by molar-refractivity contribution is -0.116. The quantitative estimate of drug-likeness (QED) is 0.615. The molecule has 0 heterocycles. The van der Waals surface area contributed by atoms with Crippen molar-refractivity contribution < 1.29 is 4.79 Å². The number of nitrogens with one attached hydrogen (secondary N) is 1. The van der Waals surface area contributed by atoms with Gasteiger partial charge in [0.05, 0.1) is 0 Å². The highest BCUT2D eigenvalue weighted by Crippen LogP contribution is 2.10. The van der Waals surface area contributed by atoms with Crippen molar-refractivity contribution in [2.45, 2.75) is 0 Å². The Bertz CT molecular complexity index is 368. The summed E-state index contributed by atoms with van der Waals surface area (Å²) in [5, 5.41) is 3.33. The van der Waals surface area contributed by atoms with E-state index in [1.807, 2.05) is 12.1 Å². The molecule has 1 aromatic rings. The van der Waals surface area contributed by atoms with Crippen LogP contribution in [0.1, 0.15) is 5.56 Å². The zero-order valence-corrected chi connectivity index (χ0v) is 9.00. The molecule has 0 atom stereocenters. The van der Waals surface area contributed by atoms with E-state index in [4.69, 9.17) is 11.6 Å². The van der Waals surface area contributed by atoms with Crippen LogP contribution in [0.15, 0.2) is 43.0 Å². The third kappa shape index (κ3) is 4.47. The molecule has 0 aliphatic carbocycles. The lowest BCUT2D eigenvalue weighted by atomic mass is 10.2. The van der Waals surface area contributed by atoms with E-state index in [0.29, 0.717) is 11.6 Å². The van der Waals surface area contributed by atoms with Crippen LogP contribution in [0.3, 0.4) is 0 Å². The summed E-state index contributed by atoms with van der Waals surface area (Å²) < 4.78 is 0. The first-order chi connectivity index (χ1) is 7.22. The minimum Gasteiger partial charge on any atom is -0.349 e. The van der Waals surface area contributed by atoms with E-state index in [2.05, 4.69) is 11.9 Å². The number of amides is 1. The van der Waals surface area contributed by atoms with Gasteiger partial charge in [0.2, 0.25) is 5.91 Å². The molecule has 0 fully saturated rings. The highest BCUT2D eigenvalue weighted by Gasteiger charge is 1.92. The van der Waals surface area contributed by atoms with Gasteiger partial charge in [-0.2, -0.15) is 0 Å². The van der Waals surface area contributed by atoms with Crippen molar-refractivity contribution in [2.24, 2.45) is 0 Å². The molecule has 2 nitrogen and oxygen atoms in total. The maximum Gasteiger partial charge on any atom is 0.244 e. The first kappa shape index (κ1) is 11.5. The predicted molar refractivity (Wildman–Crippen MR) is 63.7 cm³/mol. The minimum absolute atomic E-state index is 0.134. The predicted octanol–water partition coefficient (Wildman–Crippen LogP) is 2.66. The van der Waals surface area contributed by atoms with Gasteiger partial charge in [0.1, 0.15) is 0 Å². The Hall–Kier alpha value is -1.54. The van der Waals surface area contributed by atoms with Gasteiger partial charge in [-0.25, -0.2) is 0 Å². The molecule has 0 bridgehead atoms. The topological polar surface area (TPSA) is 29.1 Å². The van der Waals surface area contributed by atoms with Crippen molar-refractivity contribution in [3.63, 3.8) is 0 Å². The first-order valence-corrected chi connectivity index (χ1v) is 4.92. The minimum atomic E-state index is -0.134. The summed E-state index contributed by atoms with van der Waals surface area (Å²) in [5.41, 5.74) is 0.938. The molecular weight excluding hydrogens is 210 g/mol. The van der Waals surface area contributed by atoms with Crippen LogP contribution in [0.5, 0.6) is 0 Å². The average molecular weight is 222 g/mol. The van der Waals surface area contributed by atoms with Gasteiger partial charge in [0.25, 0.3) is 0 Å². The van der Waals surface area contributed by atoms with Crippen molar-refractivity contribution in [1.82, 2.24) is 5.32 Å². The van der Waals surface area contributed by atoms with Gasteiger partial charge in [-0.1, -0.05) is 29.8 Å². The van der Waals surface area contributed by atoms with Crippen LogP contribution < -0.4 is 5.32 Å². The molecule has 1 amide bonds. The number of hydrogen-bond acceptors (Lipinski definition) is 1. The van der Waals surface area contributed by atoms with Crippen LogP contribution in [0.2, 0.25) is 5.02 Å². The van der Waals surface area contributed by atoms with Crippen molar-refractivity contribution >= 4 is 23.6 Å². The average Bonchev–Trinajstić information content (AvgIpc) is 2.25. The number of benzene rings is 1. The lowest BCUT2D eigenvalue weighted by Gasteiger charge is -1.96. The van der Waals surface area contributed by atoms with E-state index >= 15 is 0 Å². The molecule has 1 rings (SSSR count). The Morgan fingerprint density at radius 3 is 2.67 bits per heavy atom. The summed E-state index contributed by atoms with van der Waals surface area (Å²) in [6.45, 7) is 3.98. The summed E-state index contributed by atoms with van der Waals surface area (Å²) in [6.07, 6.45) is 4.84. The second-order valence-electron chi connectivity index (χ2n) is 2.92. The summed E-state index contributed by atoms with van der Waals surface area (Å²) in [7, 11) is 0. The molecule has 0 unspecified atom stereocenters. The van der Waals surface area contributed by atoms with Crippen LogP contribution >= 0.6 is 11.6 Å². The standard InChI is InChI=1S/C12H12ClNO/c1-2-9-14-12(15)8-5-10-3-6-11(13)7-4-10/h2-8H,1,9H2,(H,14,15). The Morgan fingerprint density at radius 2 is 2.07 bits per heavy atom. The molecule has 0 aliphatic heterocycles. The van der Waals surface area contributed by atoms with Gasteiger partial charge >= 0.3 is 0 Å². The molecule has 0 saturated heterocycles. The van der Waals surface area contributed by atoms with Gasteiger partial charge in [0, 0.05) is 17.6 Å². The van der Waals surface area contributed by atoms with Crippen LogP contribution in [0.25, 0.3) is 6.08 Å². The van der Waals surface area contributed by atoms with Gasteiger partial charge in [0.15, 0.2) is 0 Å². The molecule has 1 N–H and O–H groups in total. The number of carbonyl (C=O) groups is 1. The van der Waals surface area contributed by atoms with E-state index in [9.17, 15) is 4.79 Å². The van der Waals surface area contributed by atoms with E-state index in [-0.39, 0.29) is 5.91 Å². The summed E-state index contributed by atoms with van der Waals surface area (Å²) in [6, 6.07) is 7.25. The van der Waals surface area contributed by atoms with Gasteiger partial charge in [-0.15, -0.1) is 6.58 Å². The summed E-state index contributed by atoms with van der Waals surface area (Å²) >= 11 is 5.73. The molecule has 15 heavy (non-hydrogen) atoms. The van der Waals surface area contributed by atoms with E-state index in [1.54, 1.807) is 24.3 Å². The Balaban J connectivity index is 2.53. The fraction of sp³-hybridized carbons (Fsp3) is 0.0833. The molecular formula is C12H12ClNO. The number of rotatable bonds is 4. The van der Waals surface area contributed by atoms with Gasteiger partial charge in [-0.3, -0.25) is 4.79 Å². The molecule has 0 spiro atoms. The zero-order valence-electron chi connectivity index (χ0n) is 8.24. The molecule has 0 radical (unpaired) electrons. The van der Waals surface area contributed by atoms with Crippen LogP contribution in [-0.4, -0.2) is 12.5 Å². The first-order valence-electron chi connectivity index (χ1n) is 4.55. The SMILES string of the molecule is C=CCNC(=O)C=Cc1ccc(Cl)cc1. The molecule has 1 aromatic carbocycles. The molecule has 0 aromatic heterocycles. The van der Waals surface area contributed by atoms with Gasteiger partial charge in [-0.05, 0) is 23.8 Å². The maximum atomic E-state index is 11.2. The Labute approximate surface area is 94.3 Å². The van der Waals surface area contributed by atoms with Crippen LogP contribution in [0, 0.1) is 0 Å². The summed E-state index contributed by atoms with van der Waals surface area (Å²) in [4.78, 5) is 11.2. The zero-order chi connectivity index (χ0) is 11.1. The fourth-order valence-electron chi connectivity index (χ4n) is 0.977. The van der Waals surface area contributed by atoms with Crippen molar-refractivity contribution in [3.8, 4) is 0 Å². The van der Waals surface area contributed by atoms with Crippen LogP contribution in [-0.2, 0) is 4.79 Å². The fourth-order valence-corrected chi connectivity index (χ4v) is 1.10. The van der Waals surface area contributed by atoms with Crippen LogP contribution in [0.4, 0.5) is 0 Å². The largest absolute Gasteiger partial charge is 0.349 e. The highest BCUT2D eigenvalue weighted by atomic mass is 35.5. The molecule has 78 valence electrons. The molecule has 0 saturated carbocycles. The number of carbonyl (C=O) groups excluding carboxylic acids is 1. The van der Waals surface area contributed by atoms with Crippen molar-refractivity contribution in [1.29, 1.82) is 0 Å². The third-order valence-electron chi connectivity index (χ3n) is 1.72. The van der Waals surface area contributed by atoms with Crippen molar-refractivity contribution in [3.05, 3.63) is 53.6 Å². The molecule has 0 aliphatic rings. The Kier molecular flexibility index (Phi) is 4.64. The number of hydrogen-bond donors (Lipinski definition) is 1. The molecule has 3 heteroatoms.